The SMILES string of the molecule is Cc1c(Cl)cccc1-n1ccn2c(SCOB(O)c3ccccc3)nnc2c1=O. The number of aromatic nitrogens is 4. The van der Waals surface area contributed by atoms with E-state index in [-0.39, 0.29) is 17.1 Å². The van der Waals surface area contributed by atoms with Crippen LogP contribution in [0.15, 0.2) is 70.9 Å². The van der Waals surface area contributed by atoms with Crippen molar-refractivity contribution >= 4 is 41.6 Å². The first-order valence-corrected chi connectivity index (χ1v) is 10.1. The Kier molecular flexibility index (Phi) is 5.73. The van der Waals surface area contributed by atoms with Gasteiger partial charge in [0.15, 0.2) is 5.16 Å². The summed E-state index contributed by atoms with van der Waals surface area (Å²) < 4.78 is 8.54. The van der Waals surface area contributed by atoms with Gasteiger partial charge in [0.05, 0.1) is 11.6 Å². The monoisotopic (exact) mass is 426 g/mol. The third-order valence-electron chi connectivity index (χ3n) is 4.44. The first-order chi connectivity index (χ1) is 14.1. The third-order valence-corrected chi connectivity index (χ3v) is 5.64. The minimum Gasteiger partial charge on any atom is -0.423 e. The predicted octanol–water partition coefficient (Wildman–Crippen LogP) is 2.30. The first kappa shape index (κ1) is 19.7. The molecule has 0 atom stereocenters. The number of fused-ring (bicyclic) bond motifs is 1. The van der Waals surface area contributed by atoms with E-state index in [2.05, 4.69) is 10.2 Å². The fourth-order valence-corrected chi connectivity index (χ4v) is 3.73. The number of thioether (sulfide) groups is 1. The highest BCUT2D eigenvalue weighted by atomic mass is 35.5. The van der Waals surface area contributed by atoms with Crippen LogP contribution >= 0.6 is 23.4 Å². The lowest BCUT2D eigenvalue weighted by Gasteiger charge is -2.10. The molecule has 4 aromatic rings. The molecule has 0 saturated heterocycles. The molecule has 29 heavy (non-hydrogen) atoms. The van der Waals surface area contributed by atoms with E-state index in [0.717, 1.165) is 5.56 Å². The quantitative estimate of drug-likeness (QED) is 0.289. The Balaban J connectivity index is 1.55. The molecular weight excluding hydrogens is 411 g/mol. The summed E-state index contributed by atoms with van der Waals surface area (Å²) in [7, 11) is -1.04. The van der Waals surface area contributed by atoms with E-state index in [1.807, 2.05) is 31.2 Å². The van der Waals surface area contributed by atoms with E-state index >= 15 is 0 Å². The average molecular weight is 427 g/mol. The molecule has 0 radical (unpaired) electrons. The average Bonchev–Trinajstić information content (AvgIpc) is 3.15. The van der Waals surface area contributed by atoms with Gasteiger partial charge in [-0.3, -0.25) is 13.8 Å². The Labute approximate surface area is 176 Å². The van der Waals surface area contributed by atoms with Crippen LogP contribution in [0.2, 0.25) is 5.02 Å². The van der Waals surface area contributed by atoms with Gasteiger partial charge in [0.2, 0.25) is 5.65 Å². The Bertz CT molecular complexity index is 1220. The van der Waals surface area contributed by atoms with Crippen molar-refractivity contribution < 1.29 is 9.68 Å². The van der Waals surface area contributed by atoms with Crippen molar-refractivity contribution in [1.29, 1.82) is 0 Å². The highest BCUT2D eigenvalue weighted by Crippen LogP contribution is 2.22. The van der Waals surface area contributed by atoms with Gasteiger partial charge < -0.3 is 9.68 Å². The smallest absolute Gasteiger partial charge is 0.423 e. The Morgan fingerprint density at radius 1 is 1.14 bits per heavy atom. The molecule has 2 aromatic carbocycles. The maximum atomic E-state index is 12.9. The van der Waals surface area contributed by atoms with E-state index in [1.165, 1.54) is 16.3 Å². The predicted molar refractivity (Wildman–Crippen MR) is 114 cm³/mol. The lowest BCUT2D eigenvalue weighted by molar-refractivity contribution is 0.326. The Morgan fingerprint density at radius 2 is 1.93 bits per heavy atom. The molecule has 4 rings (SSSR count). The summed E-state index contributed by atoms with van der Waals surface area (Å²) in [5.41, 5.74) is 2.05. The van der Waals surface area contributed by atoms with Crippen LogP contribution in [-0.4, -0.2) is 37.2 Å². The largest absolute Gasteiger partial charge is 0.491 e. The van der Waals surface area contributed by atoms with Crippen LogP contribution in [0, 0.1) is 6.92 Å². The summed E-state index contributed by atoms with van der Waals surface area (Å²) in [6.45, 7) is 1.86. The molecule has 0 spiro atoms. The minimum absolute atomic E-state index is 0.146. The van der Waals surface area contributed by atoms with Gasteiger partial charge in [-0.1, -0.05) is 59.8 Å². The van der Waals surface area contributed by atoms with E-state index < -0.39 is 7.12 Å². The second-order valence-electron chi connectivity index (χ2n) is 6.23. The van der Waals surface area contributed by atoms with Crippen LogP contribution in [-0.2, 0) is 4.65 Å². The summed E-state index contributed by atoms with van der Waals surface area (Å²) in [6.07, 6.45) is 3.37. The van der Waals surface area contributed by atoms with E-state index in [1.54, 1.807) is 41.1 Å². The van der Waals surface area contributed by atoms with Crippen molar-refractivity contribution in [3.63, 3.8) is 0 Å². The molecule has 0 amide bonds. The highest BCUT2D eigenvalue weighted by Gasteiger charge is 2.17. The minimum atomic E-state index is -1.04. The van der Waals surface area contributed by atoms with E-state index in [4.69, 9.17) is 16.3 Å². The van der Waals surface area contributed by atoms with Gasteiger partial charge in [-0.2, -0.15) is 0 Å². The van der Waals surface area contributed by atoms with E-state index in [9.17, 15) is 9.82 Å². The van der Waals surface area contributed by atoms with Crippen molar-refractivity contribution in [2.45, 2.75) is 12.1 Å². The molecule has 0 aliphatic carbocycles. The molecule has 0 aliphatic heterocycles. The molecule has 2 heterocycles. The number of nitrogens with zero attached hydrogens (tertiary/aromatic N) is 4. The van der Waals surface area contributed by atoms with Crippen LogP contribution in [0.1, 0.15) is 5.56 Å². The molecular formula is C19H16BClN4O3S. The van der Waals surface area contributed by atoms with Crippen LogP contribution in [0.4, 0.5) is 0 Å². The molecule has 0 bridgehead atoms. The summed E-state index contributed by atoms with van der Waals surface area (Å²) in [4.78, 5) is 12.9. The third kappa shape index (κ3) is 3.95. The van der Waals surface area contributed by atoms with Gasteiger partial charge in [0.25, 0.3) is 0 Å². The zero-order valence-corrected chi connectivity index (χ0v) is 17.0. The maximum Gasteiger partial charge on any atom is 0.491 e. The van der Waals surface area contributed by atoms with Gasteiger partial charge in [-0.25, -0.2) is 0 Å². The lowest BCUT2D eigenvalue weighted by atomic mass is 9.80. The standard InChI is InChI=1S/C19H16BClN4O3S/c1-13-15(21)8-5-9-16(13)24-10-11-25-17(18(24)26)22-23-19(25)29-12-28-20(27)14-6-3-2-4-7-14/h2-11,27H,12H2,1H3. The zero-order chi connectivity index (χ0) is 20.4. The molecule has 0 aliphatic rings. The fourth-order valence-electron chi connectivity index (χ4n) is 2.88. The second-order valence-corrected chi connectivity index (χ2v) is 7.52. The van der Waals surface area contributed by atoms with Crippen molar-refractivity contribution in [2.75, 3.05) is 5.94 Å². The number of halogens is 1. The maximum absolute atomic E-state index is 12.9. The molecule has 0 fully saturated rings. The summed E-state index contributed by atoms with van der Waals surface area (Å²) in [5.74, 6) is 0.146. The van der Waals surface area contributed by atoms with E-state index in [0.29, 0.717) is 21.3 Å². The van der Waals surface area contributed by atoms with Crippen molar-refractivity contribution in [3.05, 3.63) is 81.9 Å². The first-order valence-electron chi connectivity index (χ1n) is 8.75. The van der Waals surface area contributed by atoms with Gasteiger partial charge in [-0.05, 0) is 30.1 Å². The summed E-state index contributed by atoms with van der Waals surface area (Å²) in [6, 6.07) is 14.5. The summed E-state index contributed by atoms with van der Waals surface area (Å²) in [5, 5.41) is 19.2. The molecule has 10 heteroatoms. The van der Waals surface area contributed by atoms with Gasteiger partial charge in [0, 0.05) is 17.4 Å². The number of hydrogen-bond acceptors (Lipinski definition) is 6. The van der Waals surface area contributed by atoms with Crippen molar-refractivity contribution in [1.82, 2.24) is 19.2 Å². The number of benzene rings is 2. The Hall–Kier alpha value is -2.59. The molecule has 1 N–H and O–H groups in total. The molecule has 0 saturated carbocycles. The topological polar surface area (TPSA) is 81.7 Å². The molecule has 146 valence electrons. The van der Waals surface area contributed by atoms with Gasteiger partial charge >= 0.3 is 12.7 Å². The number of hydrogen-bond donors (Lipinski definition) is 1. The van der Waals surface area contributed by atoms with Crippen molar-refractivity contribution in [2.24, 2.45) is 0 Å². The fraction of sp³-hybridized carbons (Fsp3) is 0.105. The van der Waals surface area contributed by atoms with Crippen LogP contribution in [0.3, 0.4) is 0 Å². The number of rotatable bonds is 6. The van der Waals surface area contributed by atoms with Crippen LogP contribution < -0.4 is 11.0 Å². The molecule has 2 aromatic heterocycles. The normalized spacial score (nSPS) is 11.1. The van der Waals surface area contributed by atoms with Crippen LogP contribution in [0.25, 0.3) is 11.3 Å². The van der Waals surface area contributed by atoms with Gasteiger partial charge in [-0.15, -0.1) is 10.2 Å². The van der Waals surface area contributed by atoms with Crippen LogP contribution in [0.5, 0.6) is 0 Å². The highest BCUT2D eigenvalue weighted by molar-refractivity contribution is 7.99. The molecule has 7 nitrogen and oxygen atoms in total. The van der Waals surface area contributed by atoms with Crippen molar-refractivity contribution in [3.8, 4) is 5.69 Å². The Morgan fingerprint density at radius 3 is 2.72 bits per heavy atom. The summed E-state index contributed by atoms with van der Waals surface area (Å²) >= 11 is 7.41. The molecule has 0 unspecified atom stereocenters. The zero-order valence-electron chi connectivity index (χ0n) is 15.4. The lowest BCUT2D eigenvalue weighted by Crippen LogP contribution is -2.33. The van der Waals surface area contributed by atoms with Gasteiger partial charge in [0.1, 0.15) is 0 Å². The second kappa shape index (κ2) is 8.42.